The molecule has 1 aliphatic rings. The van der Waals surface area contributed by atoms with E-state index in [0.717, 1.165) is 0 Å². The van der Waals surface area contributed by atoms with Crippen LogP contribution in [0.1, 0.15) is 24.2 Å². The molecule has 0 heterocycles. The van der Waals surface area contributed by atoms with Gasteiger partial charge in [0.25, 0.3) is 5.91 Å². The number of allylic oxidation sites excluding steroid dienone is 4. The molecule has 0 aromatic heterocycles. The third-order valence-electron chi connectivity index (χ3n) is 3.05. The van der Waals surface area contributed by atoms with Crippen LogP contribution < -0.4 is 4.74 Å². The first-order chi connectivity index (χ1) is 9.52. The smallest absolute Gasteiger partial charge is 0.281 e. The zero-order valence-electron chi connectivity index (χ0n) is 11.6. The molecule has 0 N–H and O–H groups in total. The molecule has 0 unspecified atom stereocenters. The molecule has 4 nitrogen and oxygen atoms in total. The number of carbonyl (C=O) groups is 2. The van der Waals surface area contributed by atoms with Crippen molar-refractivity contribution in [2.75, 3.05) is 7.11 Å². The van der Waals surface area contributed by atoms with Crippen LogP contribution >= 0.6 is 0 Å². The van der Waals surface area contributed by atoms with Gasteiger partial charge in [-0.2, -0.15) is 0 Å². The van der Waals surface area contributed by atoms with E-state index in [2.05, 4.69) is 4.99 Å². The highest BCUT2D eigenvalue weighted by Gasteiger charge is 2.16. The van der Waals surface area contributed by atoms with Crippen molar-refractivity contribution in [3.63, 3.8) is 0 Å². The Morgan fingerprint density at radius 3 is 2.50 bits per heavy atom. The second-order valence-electron chi connectivity index (χ2n) is 4.52. The van der Waals surface area contributed by atoms with Crippen LogP contribution in [0.4, 0.5) is 0 Å². The lowest BCUT2D eigenvalue weighted by Gasteiger charge is -2.10. The van der Waals surface area contributed by atoms with Gasteiger partial charge in [0.2, 0.25) is 0 Å². The van der Waals surface area contributed by atoms with E-state index in [0.29, 0.717) is 28.2 Å². The monoisotopic (exact) mass is 269 g/mol. The summed E-state index contributed by atoms with van der Waals surface area (Å²) in [5, 5.41) is 0. The Labute approximate surface area is 117 Å². The molecule has 1 aromatic rings. The number of benzene rings is 1. The lowest BCUT2D eigenvalue weighted by Crippen LogP contribution is -2.12. The van der Waals surface area contributed by atoms with E-state index >= 15 is 0 Å². The summed E-state index contributed by atoms with van der Waals surface area (Å²) in [6.07, 6.45) is 3.12. The molecule has 0 saturated heterocycles. The minimum absolute atomic E-state index is 0.0498. The highest BCUT2D eigenvalue weighted by Crippen LogP contribution is 2.19. The van der Waals surface area contributed by atoms with Gasteiger partial charge in [-0.15, -0.1) is 0 Å². The Morgan fingerprint density at radius 2 is 1.80 bits per heavy atom. The highest BCUT2D eigenvalue weighted by molar-refractivity contribution is 6.24. The van der Waals surface area contributed by atoms with Crippen molar-refractivity contribution < 1.29 is 14.3 Å². The average Bonchev–Trinajstić information content (AvgIpc) is 2.44. The molecule has 4 heteroatoms. The normalized spacial score (nSPS) is 16.8. The van der Waals surface area contributed by atoms with Crippen LogP contribution in [0.5, 0.6) is 5.75 Å². The Bertz CT molecular complexity index is 666. The van der Waals surface area contributed by atoms with Crippen molar-refractivity contribution in [2.45, 2.75) is 13.8 Å². The Balaban J connectivity index is 2.38. The summed E-state index contributed by atoms with van der Waals surface area (Å²) in [7, 11) is 1.51. The second-order valence-corrected chi connectivity index (χ2v) is 4.52. The number of rotatable bonds is 2. The first-order valence-corrected chi connectivity index (χ1v) is 6.20. The Kier molecular flexibility index (Phi) is 3.94. The summed E-state index contributed by atoms with van der Waals surface area (Å²) in [5.41, 5.74) is 2.17. The fourth-order valence-electron chi connectivity index (χ4n) is 1.89. The number of hydrogen-bond donors (Lipinski definition) is 0. The first kappa shape index (κ1) is 13.9. The van der Waals surface area contributed by atoms with Gasteiger partial charge in [0.05, 0.1) is 18.4 Å². The lowest BCUT2D eigenvalue weighted by atomic mass is 9.98. The molecule has 0 atom stereocenters. The Morgan fingerprint density at radius 1 is 1.10 bits per heavy atom. The SMILES string of the molecule is COc1ccccc1C(=O)N=C1C=C(C)C(=O)C=C1C. The van der Waals surface area contributed by atoms with Crippen LogP contribution in [0.2, 0.25) is 0 Å². The number of amides is 1. The third-order valence-corrected chi connectivity index (χ3v) is 3.05. The molecule has 1 aromatic carbocycles. The molecular weight excluding hydrogens is 254 g/mol. The molecule has 0 aliphatic heterocycles. The first-order valence-electron chi connectivity index (χ1n) is 6.20. The maximum atomic E-state index is 12.2. The van der Waals surface area contributed by atoms with Crippen LogP contribution in [0.3, 0.4) is 0 Å². The van der Waals surface area contributed by atoms with Crippen molar-refractivity contribution in [2.24, 2.45) is 4.99 Å². The molecule has 0 saturated carbocycles. The molecule has 102 valence electrons. The van der Waals surface area contributed by atoms with E-state index in [1.165, 1.54) is 13.2 Å². The van der Waals surface area contributed by atoms with E-state index in [9.17, 15) is 9.59 Å². The van der Waals surface area contributed by atoms with E-state index in [1.54, 1.807) is 44.2 Å². The largest absolute Gasteiger partial charge is 0.496 e. The molecule has 0 fully saturated rings. The second kappa shape index (κ2) is 5.65. The summed E-state index contributed by atoms with van der Waals surface area (Å²) in [5.74, 6) is 0.0471. The van der Waals surface area contributed by atoms with Crippen LogP contribution in [0, 0.1) is 0 Å². The van der Waals surface area contributed by atoms with Gasteiger partial charge in [-0.1, -0.05) is 12.1 Å². The van der Waals surface area contributed by atoms with E-state index < -0.39 is 0 Å². The minimum Gasteiger partial charge on any atom is -0.496 e. The number of carbonyl (C=O) groups excluding carboxylic acids is 2. The van der Waals surface area contributed by atoms with Crippen molar-refractivity contribution in [1.29, 1.82) is 0 Å². The van der Waals surface area contributed by atoms with Gasteiger partial charge in [-0.3, -0.25) is 9.59 Å². The third kappa shape index (κ3) is 2.74. The lowest BCUT2D eigenvalue weighted by molar-refractivity contribution is -0.111. The minimum atomic E-state index is -0.386. The maximum Gasteiger partial charge on any atom is 0.281 e. The number of hydrogen-bond acceptors (Lipinski definition) is 3. The zero-order chi connectivity index (χ0) is 14.7. The number of ether oxygens (including phenoxy) is 1. The van der Waals surface area contributed by atoms with E-state index in [1.807, 2.05) is 0 Å². The quantitative estimate of drug-likeness (QED) is 0.776. The summed E-state index contributed by atoms with van der Waals surface area (Å²) >= 11 is 0. The zero-order valence-corrected chi connectivity index (χ0v) is 11.6. The molecule has 0 radical (unpaired) electrons. The highest BCUT2D eigenvalue weighted by atomic mass is 16.5. The predicted octanol–water partition coefficient (Wildman–Crippen LogP) is 2.75. The number of ketones is 1. The molecule has 2 rings (SSSR count). The number of aliphatic imine (C=N–C) groups is 1. The van der Waals surface area contributed by atoms with Gasteiger partial charge in [-0.05, 0) is 49.3 Å². The van der Waals surface area contributed by atoms with Crippen molar-refractivity contribution in [3.05, 3.63) is 53.1 Å². The van der Waals surface area contributed by atoms with Crippen LogP contribution in [0.25, 0.3) is 0 Å². The number of nitrogens with zero attached hydrogens (tertiary/aromatic N) is 1. The summed E-state index contributed by atoms with van der Waals surface area (Å²) in [4.78, 5) is 27.8. The summed E-state index contributed by atoms with van der Waals surface area (Å²) < 4.78 is 5.15. The molecule has 0 bridgehead atoms. The average molecular weight is 269 g/mol. The van der Waals surface area contributed by atoms with Gasteiger partial charge in [0, 0.05) is 0 Å². The van der Waals surface area contributed by atoms with Gasteiger partial charge in [0.1, 0.15) is 5.75 Å². The van der Waals surface area contributed by atoms with E-state index in [4.69, 9.17) is 4.74 Å². The molecule has 20 heavy (non-hydrogen) atoms. The molecule has 0 spiro atoms. The summed E-state index contributed by atoms with van der Waals surface area (Å²) in [6, 6.07) is 6.91. The predicted molar refractivity (Wildman–Crippen MR) is 77.3 cm³/mol. The molecular formula is C16H15NO3. The number of methoxy groups -OCH3 is 1. The van der Waals surface area contributed by atoms with Crippen molar-refractivity contribution in [3.8, 4) is 5.75 Å². The molecule has 1 aliphatic carbocycles. The topological polar surface area (TPSA) is 55.7 Å². The standard InChI is InChI=1S/C16H15NO3/c1-10-9-14(18)11(2)8-13(10)17-16(19)12-6-4-5-7-15(12)20-3/h4-9H,1-3H3. The Hall–Kier alpha value is -2.49. The van der Waals surface area contributed by atoms with Crippen molar-refractivity contribution in [1.82, 2.24) is 0 Å². The van der Waals surface area contributed by atoms with E-state index in [-0.39, 0.29) is 11.7 Å². The van der Waals surface area contributed by atoms with Gasteiger partial charge >= 0.3 is 0 Å². The van der Waals surface area contributed by atoms with Gasteiger partial charge in [-0.25, -0.2) is 4.99 Å². The number of para-hydroxylation sites is 1. The van der Waals surface area contributed by atoms with Crippen LogP contribution in [-0.2, 0) is 4.79 Å². The fourth-order valence-corrected chi connectivity index (χ4v) is 1.89. The van der Waals surface area contributed by atoms with Gasteiger partial charge < -0.3 is 4.74 Å². The van der Waals surface area contributed by atoms with Crippen LogP contribution in [-0.4, -0.2) is 24.5 Å². The summed E-state index contributed by atoms with van der Waals surface area (Å²) in [6.45, 7) is 3.46. The van der Waals surface area contributed by atoms with Gasteiger partial charge in [0.15, 0.2) is 5.78 Å². The molecule has 1 amide bonds. The maximum absolute atomic E-state index is 12.2. The fraction of sp³-hybridized carbons (Fsp3) is 0.188. The van der Waals surface area contributed by atoms with Crippen LogP contribution in [0.15, 0.2) is 52.6 Å². The van der Waals surface area contributed by atoms with Crippen molar-refractivity contribution >= 4 is 17.4 Å².